The van der Waals surface area contributed by atoms with E-state index in [4.69, 9.17) is 5.73 Å². The molecule has 0 aromatic heterocycles. The second-order valence-electron chi connectivity index (χ2n) is 5.32. The van der Waals surface area contributed by atoms with Crippen LogP contribution in [-0.4, -0.2) is 38.6 Å². The average molecular weight is 365 g/mol. The van der Waals surface area contributed by atoms with Gasteiger partial charge in [-0.05, 0) is 42.5 Å². The quantitative estimate of drug-likeness (QED) is 0.835. The van der Waals surface area contributed by atoms with Crippen molar-refractivity contribution in [2.24, 2.45) is 5.73 Å². The molecule has 25 heavy (non-hydrogen) atoms. The minimum absolute atomic E-state index is 0.201. The zero-order valence-electron chi connectivity index (χ0n) is 13.5. The molecule has 2 aromatic carbocycles. The number of benzene rings is 2. The smallest absolute Gasteiger partial charge is 0.258 e. The summed E-state index contributed by atoms with van der Waals surface area (Å²) in [4.78, 5) is 23.1. The van der Waals surface area contributed by atoms with E-state index in [0.717, 1.165) is 22.5 Å². The molecule has 0 unspecified atom stereocenters. The van der Waals surface area contributed by atoms with Gasteiger partial charge < -0.3 is 11.1 Å². The van der Waals surface area contributed by atoms with Crippen LogP contribution in [0.2, 0.25) is 0 Å². The maximum absolute atomic E-state index is 14.0. The molecule has 2 amide bonds. The normalized spacial score (nSPS) is 11.4. The highest BCUT2D eigenvalue weighted by Crippen LogP contribution is 2.19. The molecule has 7 nitrogen and oxygen atoms in total. The number of nitrogens with two attached hydrogens (primary N) is 1. The summed E-state index contributed by atoms with van der Waals surface area (Å²) >= 11 is 0. The first-order chi connectivity index (χ1) is 11.6. The molecule has 0 atom stereocenters. The van der Waals surface area contributed by atoms with Crippen molar-refractivity contribution in [3.8, 4) is 0 Å². The fourth-order valence-electron chi connectivity index (χ4n) is 1.97. The lowest BCUT2D eigenvalue weighted by molar-refractivity contribution is 0.0997. The first-order valence-electron chi connectivity index (χ1n) is 7.06. The lowest BCUT2D eigenvalue weighted by Crippen LogP contribution is -2.23. The van der Waals surface area contributed by atoms with Crippen LogP contribution in [0.15, 0.2) is 47.4 Å². The van der Waals surface area contributed by atoms with Gasteiger partial charge >= 0.3 is 0 Å². The minimum Gasteiger partial charge on any atom is -0.366 e. The van der Waals surface area contributed by atoms with E-state index < -0.39 is 33.2 Å². The van der Waals surface area contributed by atoms with Crippen LogP contribution in [0.3, 0.4) is 0 Å². The summed E-state index contributed by atoms with van der Waals surface area (Å²) in [7, 11) is -1.14. The van der Waals surface area contributed by atoms with E-state index in [-0.39, 0.29) is 10.5 Å². The summed E-state index contributed by atoms with van der Waals surface area (Å²) in [5, 5.41) is 2.43. The van der Waals surface area contributed by atoms with Gasteiger partial charge in [0, 0.05) is 25.3 Å². The summed E-state index contributed by atoms with van der Waals surface area (Å²) in [6.07, 6.45) is 0. The Balaban J connectivity index is 2.31. The summed E-state index contributed by atoms with van der Waals surface area (Å²) in [5.74, 6) is -2.30. The molecule has 0 heterocycles. The Kier molecular flexibility index (Phi) is 5.19. The van der Waals surface area contributed by atoms with Gasteiger partial charge in [0.05, 0.1) is 10.5 Å². The van der Waals surface area contributed by atoms with Crippen LogP contribution in [0, 0.1) is 5.82 Å². The third-order valence-electron chi connectivity index (χ3n) is 3.39. The molecule has 132 valence electrons. The Morgan fingerprint density at radius 2 is 1.68 bits per heavy atom. The average Bonchev–Trinajstić information content (AvgIpc) is 2.55. The van der Waals surface area contributed by atoms with Gasteiger partial charge in [-0.1, -0.05) is 0 Å². The Hall–Kier alpha value is -2.78. The van der Waals surface area contributed by atoms with Crippen molar-refractivity contribution in [1.82, 2.24) is 4.31 Å². The van der Waals surface area contributed by atoms with Gasteiger partial charge in [-0.3, -0.25) is 9.59 Å². The predicted octanol–water partition coefficient (Wildman–Crippen LogP) is 1.43. The number of nitrogens with one attached hydrogen (secondary N) is 1. The van der Waals surface area contributed by atoms with Crippen LogP contribution in [0.1, 0.15) is 20.7 Å². The number of carbonyl (C=O) groups excluding carboxylic acids is 2. The van der Waals surface area contributed by atoms with E-state index in [2.05, 4.69) is 5.32 Å². The summed E-state index contributed by atoms with van der Waals surface area (Å²) in [6.45, 7) is 0. The molecule has 9 heteroatoms. The SMILES string of the molecule is CN(C)S(=O)(=O)c1ccc(F)c(C(=O)Nc2ccc(C(N)=O)cc2)c1. The van der Waals surface area contributed by atoms with Crippen molar-refractivity contribution in [2.75, 3.05) is 19.4 Å². The fourth-order valence-corrected chi connectivity index (χ4v) is 2.89. The lowest BCUT2D eigenvalue weighted by Gasteiger charge is -2.13. The number of anilines is 1. The molecule has 0 radical (unpaired) electrons. The topological polar surface area (TPSA) is 110 Å². The van der Waals surface area contributed by atoms with Crippen LogP contribution in [-0.2, 0) is 10.0 Å². The number of amides is 2. The first-order valence-corrected chi connectivity index (χ1v) is 8.50. The number of rotatable bonds is 5. The maximum atomic E-state index is 14.0. The molecule has 0 aliphatic carbocycles. The van der Waals surface area contributed by atoms with Crippen molar-refractivity contribution < 1.29 is 22.4 Å². The molecular weight excluding hydrogens is 349 g/mol. The van der Waals surface area contributed by atoms with Crippen molar-refractivity contribution in [3.63, 3.8) is 0 Å². The number of sulfonamides is 1. The predicted molar refractivity (Wildman–Crippen MR) is 90.2 cm³/mol. The Labute approximate surface area is 144 Å². The van der Waals surface area contributed by atoms with E-state index in [0.29, 0.717) is 5.69 Å². The molecular formula is C16H16FN3O4S. The molecule has 2 aromatic rings. The van der Waals surface area contributed by atoms with E-state index >= 15 is 0 Å². The van der Waals surface area contributed by atoms with Crippen molar-refractivity contribution in [1.29, 1.82) is 0 Å². The van der Waals surface area contributed by atoms with E-state index in [1.165, 1.54) is 38.4 Å². The molecule has 0 fully saturated rings. The van der Waals surface area contributed by atoms with E-state index in [1.807, 2.05) is 0 Å². The van der Waals surface area contributed by atoms with Crippen molar-refractivity contribution in [3.05, 3.63) is 59.4 Å². The third kappa shape index (κ3) is 4.01. The highest BCUT2D eigenvalue weighted by molar-refractivity contribution is 7.89. The van der Waals surface area contributed by atoms with Crippen LogP contribution < -0.4 is 11.1 Å². The largest absolute Gasteiger partial charge is 0.366 e. The van der Waals surface area contributed by atoms with Crippen molar-refractivity contribution >= 4 is 27.5 Å². The van der Waals surface area contributed by atoms with Gasteiger partial charge in [0.15, 0.2) is 0 Å². The first kappa shape index (κ1) is 18.6. The number of primary amides is 1. The summed E-state index contributed by atoms with van der Waals surface area (Å²) in [5.41, 5.74) is 5.26. The van der Waals surface area contributed by atoms with Crippen molar-refractivity contribution in [2.45, 2.75) is 4.90 Å². The van der Waals surface area contributed by atoms with Crippen LogP contribution in [0.5, 0.6) is 0 Å². The number of carbonyl (C=O) groups is 2. The van der Waals surface area contributed by atoms with Gasteiger partial charge in [-0.25, -0.2) is 17.1 Å². The molecule has 0 aliphatic rings. The molecule has 0 saturated heterocycles. The number of hydrogen-bond acceptors (Lipinski definition) is 4. The van der Waals surface area contributed by atoms with E-state index in [9.17, 15) is 22.4 Å². The Morgan fingerprint density at radius 1 is 1.08 bits per heavy atom. The van der Waals surface area contributed by atoms with Gasteiger partial charge in [-0.2, -0.15) is 0 Å². The van der Waals surface area contributed by atoms with Crippen LogP contribution in [0.4, 0.5) is 10.1 Å². The highest BCUT2D eigenvalue weighted by Gasteiger charge is 2.21. The zero-order chi connectivity index (χ0) is 18.8. The second kappa shape index (κ2) is 6.99. The van der Waals surface area contributed by atoms with Gasteiger partial charge in [0.25, 0.3) is 5.91 Å². The molecule has 0 aliphatic heterocycles. The monoisotopic (exact) mass is 365 g/mol. The van der Waals surface area contributed by atoms with Crippen LogP contribution >= 0.6 is 0 Å². The number of halogens is 1. The van der Waals surface area contributed by atoms with Gasteiger partial charge in [0.2, 0.25) is 15.9 Å². The third-order valence-corrected chi connectivity index (χ3v) is 5.20. The Morgan fingerprint density at radius 3 is 2.20 bits per heavy atom. The minimum atomic E-state index is -3.80. The fraction of sp³-hybridized carbons (Fsp3) is 0.125. The molecule has 0 bridgehead atoms. The summed E-state index contributed by atoms with van der Waals surface area (Å²) < 4.78 is 39.1. The highest BCUT2D eigenvalue weighted by atomic mass is 32.2. The van der Waals surface area contributed by atoms with Gasteiger partial charge in [-0.15, -0.1) is 0 Å². The molecule has 3 N–H and O–H groups in total. The zero-order valence-corrected chi connectivity index (χ0v) is 14.3. The molecule has 0 spiro atoms. The standard InChI is InChI=1S/C16H16FN3O4S/c1-20(2)25(23,24)12-7-8-14(17)13(9-12)16(22)19-11-5-3-10(4-6-11)15(18)21/h3-9H,1-2H3,(H2,18,21)(H,19,22). The molecule has 0 saturated carbocycles. The number of nitrogens with zero attached hydrogens (tertiary/aromatic N) is 1. The van der Waals surface area contributed by atoms with Gasteiger partial charge in [0.1, 0.15) is 5.82 Å². The summed E-state index contributed by atoms with van der Waals surface area (Å²) in [6, 6.07) is 8.64. The van der Waals surface area contributed by atoms with E-state index in [1.54, 1.807) is 0 Å². The number of hydrogen-bond donors (Lipinski definition) is 2. The maximum Gasteiger partial charge on any atom is 0.258 e. The molecule has 2 rings (SSSR count). The lowest BCUT2D eigenvalue weighted by atomic mass is 10.1. The Bertz CT molecular complexity index is 925. The second-order valence-corrected chi connectivity index (χ2v) is 7.48. The van der Waals surface area contributed by atoms with Crippen LogP contribution in [0.25, 0.3) is 0 Å².